The number of methoxy groups -OCH3 is 1. The standard InChI is InChI=1S/C10H13F2NO3/c1-14-8-4-3-7(6-13-15-2)5-9(8)16-10(11)12/h3-5,10,13H,6H2,1-2H3. The molecule has 0 aliphatic heterocycles. The highest BCUT2D eigenvalue weighted by Gasteiger charge is 2.10. The van der Waals surface area contributed by atoms with E-state index in [-0.39, 0.29) is 11.5 Å². The molecule has 0 unspecified atom stereocenters. The second-order valence-corrected chi connectivity index (χ2v) is 2.89. The first-order valence-corrected chi connectivity index (χ1v) is 4.55. The van der Waals surface area contributed by atoms with Gasteiger partial charge >= 0.3 is 6.61 Å². The number of hydrogen-bond donors (Lipinski definition) is 1. The maximum Gasteiger partial charge on any atom is 0.387 e. The molecule has 0 heterocycles. The van der Waals surface area contributed by atoms with Crippen LogP contribution in [0.2, 0.25) is 0 Å². The maximum atomic E-state index is 12.1. The van der Waals surface area contributed by atoms with Gasteiger partial charge in [0.2, 0.25) is 0 Å². The minimum Gasteiger partial charge on any atom is -0.493 e. The average molecular weight is 233 g/mol. The lowest BCUT2D eigenvalue weighted by Crippen LogP contribution is -2.11. The zero-order chi connectivity index (χ0) is 12.0. The average Bonchev–Trinajstić information content (AvgIpc) is 2.26. The molecule has 0 saturated carbocycles. The van der Waals surface area contributed by atoms with Gasteiger partial charge in [-0.05, 0) is 17.7 Å². The smallest absolute Gasteiger partial charge is 0.387 e. The predicted molar refractivity (Wildman–Crippen MR) is 53.5 cm³/mol. The zero-order valence-corrected chi connectivity index (χ0v) is 9.00. The summed E-state index contributed by atoms with van der Waals surface area (Å²) in [5, 5.41) is 0. The monoisotopic (exact) mass is 233 g/mol. The van der Waals surface area contributed by atoms with Crippen molar-refractivity contribution in [2.45, 2.75) is 13.2 Å². The fourth-order valence-electron chi connectivity index (χ4n) is 1.17. The Morgan fingerprint density at radius 1 is 1.25 bits per heavy atom. The molecule has 16 heavy (non-hydrogen) atoms. The fraction of sp³-hybridized carbons (Fsp3) is 0.400. The third-order valence-electron chi connectivity index (χ3n) is 1.86. The summed E-state index contributed by atoms with van der Waals surface area (Å²) >= 11 is 0. The Labute approximate surface area is 92.1 Å². The van der Waals surface area contributed by atoms with Gasteiger partial charge in [-0.1, -0.05) is 6.07 Å². The summed E-state index contributed by atoms with van der Waals surface area (Å²) in [4.78, 5) is 4.65. The van der Waals surface area contributed by atoms with E-state index in [1.807, 2.05) is 0 Å². The lowest BCUT2D eigenvalue weighted by atomic mass is 10.2. The van der Waals surface area contributed by atoms with Crippen molar-refractivity contribution < 1.29 is 23.1 Å². The van der Waals surface area contributed by atoms with Crippen LogP contribution >= 0.6 is 0 Å². The molecule has 0 aliphatic rings. The minimum absolute atomic E-state index is 0.00732. The Morgan fingerprint density at radius 2 is 2.00 bits per heavy atom. The van der Waals surface area contributed by atoms with Crippen LogP contribution in [0.25, 0.3) is 0 Å². The van der Waals surface area contributed by atoms with Crippen molar-refractivity contribution in [2.24, 2.45) is 0 Å². The van der Waals surface area contributed by atoms with E-state index in [0.717, 1.165) is 5.56 Å². The predicted octanol–water partition coefficient (Wildman–Crippen LogP) is 1.95. The first-order valence-electron chi connectivity index (χ1n) is 4.55. The summed E-state index contributed by atoms with van der Waals surface area (Å²) in [5.74, 6) is 0.273. The summed E-state index contributed by atoms with van der Waals surface area (Å²) in [5.41, 5.74) is 3.35. The molecule has 6 heteroatoms. The number of benzene rings is 1. The largest absolute Gasteiger partial charge is 0.493 e. The van der Waals surface area contributed by atoms with Gasteiger partial charge < -0.3 is 14.3 Å². The Morgan fingerprint density at radius 3 is 2.56 bits per heavy atom. The highest BCUT2D eigenvalue weighted by molar-refractivity contribution is 5.42. The highest BCUT2D eigenvalue weighted by atomic mass is 19.3. The van der Waals surface area contributed by atoms with Crippen molar-refractivity contribution in [1.82, 2.24) is 5.48 Å². The van der Waals surface area contributed by atoms with Crippen LogP contribution in [0.15, 0.2) is 18.2 Å². The van der Waals surface area contributed by atoms with E-state index in [2.05, 4.69) is 15.1 Å². The van der Waals surface area contributed by atoms with E-state index < -0.39 is 6.61 Å². The first-order chi connectivity index (χ1) is 7.67. The van der Waals surface area contributed by atoms with Crippen LogP contribution < -0.4 is 15.0 Å². The second kappa shape index (κ2) is 6.24. The molecule has 0 fully saturated rings. The molecule has 4 nitrogen and oxygen atoms in total. The summed E-state index contributed by atoms with van der Waals surface area (Å²) in [7, 11) is 2.86. The van der Waals surface area contributed by atoms with Crippen LogP contribution in [0, 0.1) is 0 Å². The van der Waals surface area contributed by atoms with Crippen LogP contribution in [0.1, 0.15) is 5.56 Å². The molecule has 1 N–H and O–H groups in total. The molecule has 0 radical (unpaired) electrons. The molecule has 0 bridgehead atoms. The van der Waals surface area contributed by atoms with Crippen LogP contribution in [-0.4, -0.2) is 20.8 Å². The molecule has 1 aromatic rings. The Balaban J connectivity index is 2.83. The lowest BCUT2D eigenvalue weighted by molar-refractivity contribution is -0.0512. The fourth-order valence-corrected chi connectivity index (χ4v) is 1.17. The van der Waals surface area contributed by atoms with Crippen LogP contribution in [0.3, 0.4) is 0 Å². The number of nitrogens with one attached hydrogen (secondary N) is 1. The summed E-state index contributed by atoms with van der Waals surface area (Å²) in [6.45, 7) is -2.49. The van der Waals surface area contributed by atoms with Gasteiger partial charge in [0.15, 0.2) is 11.5 Å². The first kappa shape index (κ1) is 12.7. The summed E-state index contributed by atoms with van der Waals surface area (Å²) in [6, 6.07) is 4.75. The molecule has 1 aromatic carbocycles. The third kappa shape index (κ3) is 3.63. The Kier molecular flexibility index (Phi) is 4.94. The van der Waals surface area contributed by atoms with E-state index in [9.17, 15) is 8.78 Å². The molecule has 0 spiro atoms. The number of ether oxygens (including phenoxy) is 2. The SMILES string of the molecule is CONCc1ccc(OC)c(OC(F)F)c1. The number of halogens is 2. The zero-order valence-electron chi connectivity index (χ0n) is 9.00. The second-order valence-electron chi connectivity index (χ2n) is 2.89. The van der Waals surface area contributed by atoms with Crippen molar-refractivity contribution in [1.29, 1.82) is 0 Å². The number of hydrogen-bond acceptors (Lipinski definition) is 4. The number of rotatable bonds is 6. The topological polar surface area (TPSA) is 39.7 Å². The van der Waals surface area contributed by atoms with Crippen molar-refractivity contribution in [3.05, 3.63) is 23.8 Å². The molecule has 90 valence electrons. The van der Waals surface area contributed by atoms with Crippen LogP contribution in [0.4, 0.5) is 8.78 Å². The highest BCUT2D eigenvalue weighted by Crippen LogP contribution is 2.29. The van der Waals surface area contributed by atoms with Crippen molar-refractivity contribution in [3.8, 4) is 11.5 Å². The van der Waals surface area contributed by atoms with Gasteiger partial charge in [-0.3, -0.25) is 0 Å². The Hall–Kier alpha value is -1.40. The van der Waals surface area contributed by atoms with E-state index in [4.69, 9.17) is 4.74 Å². The van der Waals surface area contributed by atoms with Crippen LogP contribution in [-0.2, 0) is 11.4 Å². The van der Waals surface area contributed by atoms with Crippen molar-refractivity contribution in [2.75, 3.05) is 14.2 Å². The van der Waals surface area contributed by atoms with Gasteiger partial charge in [-0.2, -0.15) is 14.3 Å². The summed E-state index contributed by atoms with van der Waals surface area (Å²) < 4.78 is 33.4. The molecular formula is C10H13F2NO3. The molecule has 0 amide bonds. The van der Waals surface area contributed by atoms with Gasteiger partial charge in [0.05, 0.1) is 14.2 Å². The van der Waals surface area contributed by atoms with Gasteiger partial charge in [0, 0.05) is 6.54 Å². The quantitative estimate of drug-likeness (QED) is 0.762. The minimum atomic E-state index is -2.88. The van der Waals surface area contributed by atoms with E-state index in [1.54, 1.807) is 12.1 Å². The molecule has 0 aromatic heterocycles. The summed E-state index contributed by atoms with van der Waals surface area (Å²) in [6.07, 6.45) is 0. The number of alkyl halides is 2. The van der Waals surface area contributed by atoms with E-state index in [1.165, 1.54) is 20.3 Å². The Bertz CT molecular complexity index is 334. The van der Waals surface area contributed by atoms with Crippen molar-refractivity contribution in [3.63, 3.8) is 0 Å². The molecule has 1 rings (SSSR count). The van der Waals surface area contributed by atoms with Gasteiger partial charge in [0.1, 0.15) is 0 Å². The molecular weight excluding hydrogens is 220 g/mol. The molecule has 0 saturated heterocycles. The van der Waals surface area contributed by atoms with Gasteiger partial charge in [-0.25, -0.2) is 0 Å². The molecule has 0 atom stereocenters. The normalized spacial score (nSPS) is 10.6. The third-order valence-corrected chi connectivity index (χ3v) is 1.86. The van der Waals surface area contributed by atoms with Crippen molar-refractivity contribution >= 4 is 0 Å². The maximum absolute atomic E-state index is 12.1. The van der Waals surface area contributed by atoms with Crippen LogP contribution in [0.5, 0.6) is 11.5 Å². The van der Waals surface area contributed by atoms with Gasteiger partial charge in [-0.15, -0.1) is 0 Å². The van der Waals surface area contributed by atoms with E-state index in [0.29, 0.717) is 6.54 Å². The lowest BCUT2D eigenvalue weighted by Gasteiger charge is -2.11. The number of hydroxylamine groups is 1. The molecule has 0 aliphatic carbocycles. The van der Waals surface area contributed by atoms with Gasteiger partial charge in [0.25, 0.3) is 0 Å². The van der Waals surface area contributed by atoms with E-state index >= 15 is 0 Å².